The van der Waals surface area contributed by atoms with E-state index >= 15 is 0 Å². The summed E-state index contributed by atoms with van der Waals surface area (Å²) in [6, 6.07) is -0.348. The zero-order chi connectivity index (χ0) is 24.1. The maximum absolute atomic E-state index is 13.2. The molecule has 184 valence electrons. The van der Waals surface area contributed by atoms with Crippen LogP contribution in [0.3, 0.4) is 0 Å². The summed E-state index contributed by atoms with van der Waals surface area (Å²) in [6.45, 7) is 5.71. The lowest BCUT2D eigenvalue weighted by molar-refractivity contribution is -0.911. The monoisotopic (exact) mass is 485 g/mol. The van der Waals surface area contributed by atoms with E-state index < -0.39 is 24.7 Å². The standard InChI is InChI=1S/C22H34FN4O5S/c1-13-10-15(26-19(13)18(14(2)28)20(26)29)21(30)32-33-17-12-25(22(31)24-7-5-8-24)11-16(17)27(3,4)9-6-23/h10,13-14,16-19,28H,5-9,11-12H2,1-4H3/q+1/t13-,14?,16?,17?,18?,19+/m1/s1. The number of carbonyl (C=O) groups excluding carboxylic acids is 3. The first-order valence-electron chi connectivity index (χ1n) is 11.6. The Morgan fingerprint density at radius 1 is 1.30 bits per heavy atom. The predicted octanol–water partition coefficient (Wildman–Crippen LogP) is 0.844. The molecule has 0 aromatic heterocycles. The molecule has 0 bridgehead atoms. The van der Waals surface area contributed by atoms with Gasteiger partial charge in [0, 0.05) is 19.6 Å². The van der Waals surface area contributed by atoms with Crippen LogP contribution in [-0.4, -0.2) is 119 Å². The van der Waals surface area contributed by atoms with Gasteiger partial charge in [0.15, 0.2) is 0 Å². The number of nitrogens with zero attached hydrogens (tertiary/aromatic N) is 4. The molecule has 9 nitrogen and oxygen atoms in total. The number of rotatable bonds is 7. The molecule has 0 aromatic carbocycles. The van der Waals surface area contributed by atoms with Gasteiger partial charge in [-0.1, -0.05) is 6.92 Å². The first kappa shape index (κ1) is 24.3. The number of likely N-dealkylation sites (N-methyl/N-ethyl adjacent to an activating group) is 1. The molecule has 3 saturated heterocycles. The fraction of sp³-hybridized carbons (Fsp3) is 0.773. The van der Waals surface area contributed by atoms with Crippen molar-refractivity contribution >= 4 is 30.0 Å². The van der Waals surface area contributed by atoms with Gasteiger partial charge >= 0.3 is 12.0 Å². The second kappa shape index (κ2) is 9.07. The fourth-order valence-electron chi connectivity index (χ4n) is 5.38. The van der Waals surface area contributed by atoms with Gasteiger partial charge < -0.3 is 28.5 Å². The number of aliphatic hydroxyl groups excluding tert-OH is 1. The summed E-state index contributed by atoms with van der Waals surface area (Å²) in [5.41, 5.74) is 0.211. The van der Waals surface area contributed by atoms with Crippen molar-refractivity contribution < 1.29 is 32.5 Å². The third-order valence-corrected chi connectivity index (χ3v) is 8.53. The van der Waals surface area contributed by atoms with Crippen LogP contribution in [0.15, 0.2) is 11.8 Å². The Morgan fingerprint density at radius 2 is 2.00 bits per heavy atom. The summed E-state index contributed by atoms with van der Waals surface area (Å²) in [7, 11) is 3.86. The van der Waals surface area contributed by atoms with Gasteiger partial charge in [-0.3, -0.25) is 4.79 Å². The van der Waals surface area contributed by atoms with Crippen LogP contribution in [0.25, 0.3) is 0 Å². The highest BCUT2D eigenvalue weighted by Gasteiger charge is 2.57. The zero-order valence-corrected chi connectivity index (χ0v) is 20.5. The van der Waals surface area contributed by atoms with E-state index in [2.05, 4.69) is 0 Å². The molecular formula is C22H34FN4O5S+. The summed E-state index contributed by atoms with van der Waals surface area (Å²) in [4.78, 5) is 43.2. The summed E-state index contributed by atoms with van der Waals surface area (Å²) in [6.07, 6.45) is 1.95. The Kier molecular flexibility index (Phi) is 6.67. The van der Waals surface area contributed by atoms with Crippen LogP contribution in [0.4, 0.5) is 9.18 Å². The van der Waals surface area contributed by atoms with E-state index in [0.29, 0.717) is 24.1 Å². The van der Waals surface area contributed by atoms with E-state index in [0.717, 1.165) is 31.6 Å². The molecule has 4 rings (SSSR count). The van der Waals surface area contributed by atoms with Gasteiger partial charge in [0.05, 0.1) is 50.7 Å². The third-order valence-electron chi connectivity index (χ3n) is 7.58. The van der Waals surface area contributed by atoms with Gasteiger partial charge in [0.1, 0.15) is 30.2 Å². The van der Waals surface area contributed by atoms with Crippen molar-refractivity contribution in [3.05, 3.63) is 11.8 Å². The molecule has 0 saturated carbocycles. The summed E-state index contributed by atoms with van der Waals surface area (Å²) in [5.74, 6) is -1.43. The SMILES string of the molecule is CC(O)C1C(=O)N2C(C(=O)OSC3CN(C(=O)N4CCC4)CC3[N+](C)(C)CCF)=C[C@@H](C)[C@@H]12. The number of quaternary nitrogens is 1. The maximum atomic E-state index is 13.2. The van der Waals surface area contributed by atoms with E-state index in [4.69, 9.17) is 4.18 Å². The van der Waals surface area contributed by atoms with Gasteiger partial charge in [-0.05, 0) is 25.3 Å². The van der Waals surface area contributed by atoms with Crippen molar-refractivity contribution in [2.75, 3.05) is 53.5 Å². The minimum Gasteiger partial charge on any atom is -0.393 e. The van der Waals surface area contributed by atoms with Crippen molar-refractivity contribution in [3.63, 3.8) is 0 Å². The van der Waals surface area contributed by atoms with Gasteiger partial charge in [0.25, 0.3) is 0 Å². The number of hydrogen-bond donors (Lipinski definition) is 1. The zero-order valence-electron chi connectivity index (χ0n) is 19.6. The van der Waals surface area contributed by atoms with Crippen molar-refractivity contribution in [2.45, 2.75) is 43.7 Å². The molecule has 0 radical (unpaired) electrons. The van der Waals surface area contributed by atoms with Gasteiger partial charge in [-0.25, -0.2) is 14.0 Å². The Hall–Kier alpha value is -1.85. The highest BCUT2D eigenvalue weighted by Crippen LogP contribution is 2.44. The predicted molar refractivity (Wildman–Crippen MR) is 120 cm³/mol. The van der Waals surface area contributed by atoms with Crippen molar-refractivity contribution in [1.82, 2.24) is 14.7 Å². The van der Waals surface area contributed by atoms with Crippen LogP contribution in [-0.2, 0) is 13.8 Å². The number of alkyl halides is 1. The lowest BCUT2D eigenvalue weighted by Gasteiger charge is -2.46. The number of β-lactam (4-membered cyclic amide) rings is 1. The second-order valence-electron chi connectivity index (χ2n) is 10.2. The summed E-state index contributed by atoms with van der Waals surface area (Å²) in [5, 5.41) is 9.69. The topological polar surface area (TPSA) is 90.4 Å². The van der Waals surface area contributed by atoms with Crippen molar-refractivity contribution in [3.8, 4) is 0 Å². The minimum atomic E-state index is -0.774. The molecule has 3 amide bonds. The molecule has 4 heterocycles. The molecule has 6 atom stereocenters. The normalized spacial score (nSPS) is 32.2. The Bertz CT molecular complexity index is 849. The average Bonchev–Trinajstić information content (AvgIpc) is 3.24. The number of carbonyl (C=O) groups is 3. The molecule has 11 heteroatoms. The van der Waals surface area contributed by atoms with Crippen LogP contribution in [0.1, 0.15) is 20.3 Å². The van der Waals surface area contributed by atoms with Gasteiger partial charge in [0.2, 0.25) is 5.91 Å². The highest BCUT2D eigenvalue weighted by atomic mass is 32.2. The van der Waals surface area contributed by atoms with Crippen LogP contribution in [0.2, 0.25) is 0 Å². The Balaban J connectivity index is 1.42. The number of fused-ring (bicyclic) bond motifs is 1. The van der Waals surface area contributed by atoms with Crippen molar-refractivity contribution in [2.24, 2.45) is 11.8 Å². The molecule has 0 spiro atoms. The minimum absolute atomic E-state index is 0.0218. The first-order chi connectivity index (χ1) is 15.6. The number of urea groups is 1. The summed E-state index contributed by atoms with van der Waals surface area (Å²) >= 11 is 1.01. The average molecular weight is 486 g/mol. The molecular weight excluding hydrogens is 451 g/mol. The first-order valence-corrected chi connectivity index (χ1v) is 12.4. The number of likely N-dealkylation sites (tertiary alicyclic amines) is 2. The van der Waals surface area contributed by atoms with E-state index in [1.165, 1.54) is 4.90 Å². The van der Waals surface area contributed by atoms with E-state index in [1.54, 1.807) is 22.8 Å². The number of halogens is 1. The van der Waals surface area contributed by atoms with E-state index in [-0.39, 0.29) is 40.9 Å². The molecule has 33 heavy (non-hydrogen) atoms. The third kappa shape index (κ3) is 4.23. The largest absolute Gasteiger partial charge is 0.393 e. The number of hydrogen-bond acceptors (Lipinski definition) is 6. The molecule has 4 aliphatic heterocycles. The molecule has 1 N–H and O–H groups in total. The number of aliphatic hydroxyl groups is 1. The van der Waals surface area contributed by atoms with E-state index in [1.807, 2.05) is 21.0 Å². The molecule has 3 fully saturated rings. The number of amides is 3. The van der Waals surface area contributed by atoms with Crippen LogP contribution < -0.4 is 0 Å². The lowest BCUT2D eigenvalue weighted by Crippen LogP contribution is -2.63. The van der Waals surface area contributed by atoms with Gasteiger partial charge in [-0.2, -0.15) is 0 Å². The Labute approximate surface area is 198 Å². The van der Waals surface area contributed by atoms with Crippen LogP contribution in [0.5, 0.6) is 0 Å². The van der Waals surface area contributed by atoms with E-state index in [9.17, 15) is 23.9 Å². The van der Waals surface area contributed by atoms with Gasteiger partial charge in [-0.15, -0.1) is 0 Å². The quantitative estimate of drug-likeness (QED) is 0.327. The Morgan fingerprint density at radius 3 is 2.58 bits per heavy atom. The molecule has 0 aromatic rings. The molecule has 4 aliphatic rings. The maximum Gasteiger partial charge on any atom is 0.366 e. The summed E-state index contributed by atoms with van der Waals surface area (Å²) < 4.78 is 19.2. The lowest BCUT2D eigenvalue weighted by atomic mass is 9.79. The van der Waals surface area contributed by atoms with Crippen LogP contribution >= 0.6 is 12.0 Å². The second-order valence-corrected chi connectivity index (χ2v) is 11.1. The highest BCUT2D eigenvalue weighted by molar-refractivity contribution is 7.95. The van der Waals surface area contributed by atoms with Crippen molar-refractivity contribution in [1.29, 1.82) is 0 Å². The fourth-order valence-corrected chi connectivity index (χ4v) is 6.46. The van der Waals surface area contributed by atoms with Crippen LogP contribution in [0, 0.1) is 11.8 Å². The molecule has 4 unspecified atom stereocenters. The molecule has 0 aliphatic carbocycles. The smallest absolute Gasteiger partial charge is 0.366 e.